The molecule has 0 fully saturated rings. The summed E-state index contributed by atoms with van der Waals surface area (Å²) in [7, 11) is 0. The van der Waals surface area contributed by atoms with E-state index in [0.29, 0.717) is 13.1 Å². The van der Waals surface area contributed by atoms with Crippen molar-refractivity contribution in [2.45, 2.75) is 27.7 Å². The van der Waals surface area contributed by atoms with E-state index in [2.05, 4.69) is 0 Å². The fraction of sp³-hybridized carbons (Fsp3) is 0.231. The Hall–Kier alpha value is -2.82. The predicted molar refractivity (Wildman–Crippen MR) is 134 cm³/mol. The highest BCUT2D eigenvalue weighted by molar-refractivity contribution is 6.42. The highest BCUT2D eigenvalue weighted by atomic mass is 35.5. The van der Waals surface area contributed by atoms with E-state index < -0.39 is 0 Å². The second-order valence-corrected chi connectivity index (χ2v) is 8.30. The molecule has 0 aromatic heterocycles. The van der Waals surface area contributed by atoms with Crippen molar-refractivity contribution in [1.82, 2.24) is 0 Å². The van der Waals surface area contributed by atoms with Gasteiger partial charge in [0.25, 0.3) is 11.8 Å². The van der Waals surface area contributed by atoms with Crippen molar-refractivity contribution in [2.24, 2.45) is 0 Å². The molecule has 0 aliphatic heterocycles. The summed E-state index contributed by atoms with van der Waals surface area (Å²) >= 11 is 12.6. The minimum atomic E-state index is -0.301. The Morgan fingerprint density at radius 3 is 1.34 bits per heavy atom. The van der Waals surface area contributed by atoms with Crippen LogP contribution in [0.25, 0.3) is 0 Å². The molecule has 0 N–H and O–H groups in total. The number of anilines is 2. The van der Waals surface area contributed by atoms with Gasteiger partial charge in [-0.2, -0.15) is 0 Å². The van der Waals surface area contributed by atoms with Crippen molar-refractivity contribution in [1.29, 1.82) is 0 Å². The first-order chi connectivity index (χ1) is 15.3. The Kier molecular flexibility index (Phi) is 7.60. The molecule has 3 aromatic carbocycles. The van der Waals surface area contributed by atoms with Crippen molar-refractivity contribution in [3.05, 3.63) is 93.0 Å². The van der Waals surface area contributed by atoms with Crippen LogP contribution in [0.3, 0.4) is 0 Å². The maximum atomic E-state index is 13.7. The first-order valence-corrected chi connectivity index (χ1v) is 11.3. The number of hydrogen-bond donors (Lipinski definition) is 0. The van der Waals surface area contributed by atoms with Crippen molar-refractivity contribution >= 4 is 46.4 Å². The Labute approximate surface area is 199 Å². The Morgan fingerprint density at radius 2 is 1.03 bits per heavy atom. The van der Waals surface area contributed by atoms with E-state index in [-0.39, 0.29) is 33.0 Å². The zero-order valence-electron chi connectivity index (χ0n) is 18.7. The van der Waals surface area contributed by atoms with Gasteiger partial charge in [0.2, 0.25) is 0 Å². The van der Waals surface area contributed by atoms with Crippen LogP contribution in [0.1, 0.15) is 45.7 Å². The fourth-order valence-electron chi connectivity index (χ4n) is 3.77. The minimum absolute atomic E-state index is 0.224. The maximum absolute atomic E-state index is 13.7. The molecular weight excluding hydrogens is 443 g/mol. The lowest BCUT2D eigenvalue weighted by atomic mass is 10.0. The molecule has 0 bridgehead atoms. The van der Waals surface area contributed by atoms with E-state index in [0.717, 1.165) is 22.5 Å². The average Bonchev–Trinajstić information content (AvgIpc) is 2.78. The van der Waals surface area contributed by atoms with Crippen LogP contribution in [0.2, 0.25) is 10.0 Å². The van der Waals surface area contributed by atoms with E-state index >= 15 is 0 Å². The molecule has 0 unspecified atom stereocenters. The Balaban J connectivity index is 2.13. The number of para-hydroxylation sites is 2. The molecule has 4 nitrogen and oxygen atoms in total. The van der Waals surface area contributed by atoms with Gasteiger partial charge in [-0.3, -0.25) is 9.59 Å². The molecule has 0 aliphatic rings. The Morgan fingerprint density at radius 1 is 0.688 bits per heavy atom. The lowest BCUT2D eigenvalue weighted by molar-refractivity contribution is 0.0955. The molecule has 0 saturated carbocycles. The molecule has 0 saturated heterocycles. The number of amides is 2. The average molecular weight is 469 g/mol. The molecule has 32 heavy (non-hydrogen) atoms. The van der Waals surface area contributed by atoms with E-state index in [1.165, 1.54) is 12.1 Å². The summed E-state index contributed by atoms with van der Waals surface area (Å²) in [5, 5.41) is 0.456. The standard InChI is InChI=1S/C26H26Cl2N2O2/c1-5-29(23-13-9-7-11-17(23)3)25(31)19-15-21(27)22(28)16-20(19)26(32)30(6-2)24-14-10-8-12-18(24)4/h7-16H,5-6H2,1-4H3. The molecule has 0 aliphatic carbocycles. The molecule has 3 rings (SSSR count). The zero-order chi connectivity index (χ0) is 23.4. The quantitative estimate of drug-likeness (QED) is 0.392. The smallest absolute Gasteiger partial charge is 0.259 e. The number of benzene rings is 3. The third-order valence-corrected chi connectivity index (χ3v) is 6.18. The number of nitrogens with zero attached hydrogens (tertiary/aromatic N) is 2. The number of aryl methyl sites for hydroxylation is 2. The second kappa shape index (κ2) is 10.2. The van der Waals surface area contributed by atoms with E-state index in [1.807, 2.05) is 76.2 Å². The molecular formula is C26H26Cl2N2O2. The van der Waals surface area contributed by atoms with E-state index in [1.54, 1.807) is 9.80 Å². The van der Waals surface area contributed by atoms with Crippen molar-refractivity contribution < 1.29 is 9.59 Å². The van der Waals surface area contributed by atoms with Gasteiger partial charge in [0.05, 0.1) is 21.2 Å². The second-order valence-electron chi connectivity index (χ2n) is 7.48. The topological polar surface area (TPSA) is 40.6 Å². The summed E-state index contributed by atoms with van der Waals surface area (Å²) < 4.78 is 0. The van der Waals surface area contributed by atoms with Crippen LogP contribution < -0.4 is 9.80 Å². The maximum Gasteiger partial charge on any atom is 0.259 e. The van der Waals surface area contributed by atoms with Crippen LogP contribution in [0, 0.1) is 13.8 Å². The lowest BCUT2D eigenvalue weighted by Gasteiger charge is -2.27. The number of rotatable bonds is 6. The first kappa shape index (κ1) is 23.8. The summed E-state index contributed by atoms with van der Waals surface area (Å²) in [4.78, 5) is 30.7. The number of carbonyl (C=O) groups is 2. The van der Waals surface area contributed by atoms with Gasteiger partial charge in [-0.15, -0.1) is 0 Å². The summed E-state index contributed by atoms with van der Waals surface area (Å²) in [6.07, 6.45) is 0. The summed E-state index contributed by atoms with van der Waals surface area (Å²) in [5.41, 5.74) is 3.95. The monoisotopic (exact) mass is 468 g/mol. The van der Waals surface area contributed by atoms with Crippen molar-refractivity contribution in [2.75, 3.05) is 22.9 Å². The molecule has 3 aromatic rings. The Bertz CT molecular complexity index is 1070. The molecule has 0 atom stereocenters. The van der Waals surface area contributed by atoms with Gasteiger partial charge in [0.1, 0.15) is 0 Å². The highest BCUT2D eigenvalue weighted by Crippen LogP contribution is 2.31. The van der Waals surface area contributed by atoms with Gasteiger partial charge in [0.15, 0.2) is 0 Å². The van der Waals surface area contributed by atoms with Gasteiger partial charge in [-0.25, -0.2) is 0 Å². The molecule has 6 heteroatoms. The number of carbonyl (C=O) groups excluding carboxylic acids is 2. The summed E-state index contributed by atoms with van der Waals surface area (Å²) in [6.45, 7) is 8.57. The van der Waals surface area contributed by atoms with Crippen LogP contribution in [0.4, 0.5) is 11.4 Å². The SMILES string of the molecule is CCN(C(=O)c1cc(Cl)c(Cl)cc1C(=O)N(CC)c1ccccc1C)c1ccccc1C. The molecule has 0 heterocycles. The van der Waals surface area contributed by atoms with Crippen LogP contribution in [0.5, 0.6) is 0 Å². The number of halogens is 2. The third-order valence-electron chi connectivity index (χ3n) is 5.46. The van der Waals surface area contributed by atoms with Gasteiger partial charge in [-0.05, 0) is 63.1 Å². The first-order valence-electron chi connectivity index (χ1n) is 10.5. The van der Waals surface area contributed by atoms with Crippen LogP contribution >= 0.6 is 23.2 Å². The van der Waals surface area contributed by atoms with Crippen LogP contribution in [-0.4, -0.2) is 24.9 Å². The van der Waals surface area contributed by atoms with Gasteiger partial charge >= 0.3 is 0 Å². The van der Waals surface area contributed by atoms with Crippen LogP contribution in [0.15, 0.2) is 60.7 Å². The highest BCUT2D eigenvalue weighted by Gasteiger charge is 2.28. The third kappa shape index (κ3) is 4.67. The van der Waals surface area contributed by atoms with Crippen molar-refractivity contribution in [3.8, 4) is 0 Å². The van der Waals surface area contributed by atoms with Crippen molar-refractivity contribution in [3.63, 3.8) is 0 Å². The lowest BCUT2D eigenvalue weighted by Crippen LogP contribution is -2.36. The zero-order valence-corrected chi connectivity index (χ0v) is 20.2. The summed E-state index contributed by atoms with van der Waals surface area (Å²) in [6, 6.07) is 18.3. The molecule has 0 spiro atoms. The number of hydrogen-bond acceptors (Lipinski definition) is 2. The molecule has 0 radical (unpaired) electrons. The van der Waals surface area contributed by atoms with Gasteiger partial charge in [0, 0.05) is 24.5 Å². The molecule has 166 valence electrons. The van der Waals surface area contributed by atoms with Gasteiger partial charge in [-0.1, -0.05) is 59.6 Å². The normalized spacial score (nSPS) is 10.7. The van der Waals surface area contributed by atoms with Gasteiger partial charge < -0.3 is 9.80 Å². The van der Waals surface area contributed by atoms with E-state index in [4.69, 9.17) is 23.2 Å². The predicted octanol–water partition coefficient (Wildman–Crippen LogP) is 6.94. The summed E-state index contributed by atoms with van der Waals surface area (Å²) in [5.74, 6) is -0.603. The van der Waals surface area contributed by atoms with E-state index in [9.17, 15) is 9.59 Å². The fourth-order valence-corrected chi connectivity index (χ4v) is 4.10. The largest absolute Gasteiger partial charge is 0.308 e. The minimum Gasteiger partial charge on any atom is -0.308 e. The molecule has 2 amide bonds. The van der Waals surface area contributed by atoms with Crippen LogP contribution in [-0.2, 0) is 0 Å².